The maximum absolute atomic E-state index is 13.3. The molecule has 0 aliphatic rings. The first-order chi connectivity index (χ1) is 9.83. The highest BCUT2D eigenvalue weighted by Crippen LogP contribution is 2.22. The topological polar surface area (TPSA) is 79.3 Å². The van der Waals surface area contributed by atoms with E-state index in [4.69, 9.17) is 0 Å². The zero-order valence-corrected chi connectivity index (χ0v) is 13.4. The predicted octanol–water partition coefficient (Wildman–Crippen LogP) is 2.58. The summed E-state index contributed by atoms with van der Waals surface area (Å²) in [6, 6.07) is 6.31. The van der Waals surface area contributed by atoms with Gasteiger partial charge in [0.05, 0.1) is 17.2 Å². The summed E-state index contributed by atoms with van der Waals surface area (Å²) in [5.41, 5.74) is 0.717. The second-order valence-electron chi connectivity index (χ2n) is 4.28. The molecule has 5 nitrogen and oxygen atoms in total. The molecule has 0 radical (unpaired) electrons. The van der Waals surface area contributed by atoms with Crippen LogP contribution in [0.25, 0.3) is 0 Å². The van der Waals surface area contributed by atoms with Gasteiger partial charge in [-0.05, 0) is 52.7 Å². The Morgan fingerprint density at radius 3 is 2.67 bits per heavy atom. The number of aryl methyl sites for hydroxylation is 1. The van der Waals surface area contributed by atoms with Gasteiger partial charge in [-0.3, -0.25) is 4.72 Å². The van der Waals surface area contributed by atoms with Gasteiger partial charge in [-0.2, -0.15) is 0 Å². The Kier molecular flexibility index (Phi) is 4.60. The maximum atomic E-state index is 13.3. The Morgan fingerprint density at radius 1 is 1.33 bits per heavy atom. The molecular formula is C13H12BrFN2O3S. The number of aliphatic hydroxyl groups is 1. The van der Waals surface area contributed by atoms with Gasteiger partial charge in [-0.25, -0.2) is 17.8 Å². The zero-order valence-electron chi connectivity index (χ0n) is 11.0. The first-order valence-electron chi connectivity index (χ1n) is 5.89. The fourth-order valence-electron chi connectivity index (χ4n) is 1.70. The normalized spacial score (nSPS) is 11.4. The number of hydrogen-bond donors (Lipinski definition) is 2. The van der Waals surface area contributed by atoms with Gasteiger partial charge in [0.1, 0.15) is 11.6 Å². The summed E-state index contributed by atoms with van der Waals surface area (Å²) in [6.07, 6.45) is 0. The third-order valence-corrected chi connectivity index (χ3v) is 5.02. The van der Waals surface area contributed by atoms with Crippen LogP contribution in [0.15, 0.2) is 39.7 Å². The summed E-state index contributed by atoms with van der Waals surface area (Å²) in [5, 5.41) is 9.18. The van der Waals surface area contributed by atoms with Crippen molar-refractivity contribution in [2.75, 3.05) is 4.72 Å². The molecule has 8 heteroatoms. The minimum absolute atomic E-state index is 0.109. The standard InChI is InChI=1S/C13H12BrFN2O3S/c1-8-11(14)4-5-13(16-8)17-21(19,20)12-6-10(15)3-2-9(12)7-18/h2-6,18H,7H2,1H3,(H,16,17). The Labute approximate surface area is 130 Å². The minimum atomic E-state index is -4.04. The molecule has 0 saturated heterocycles. The lowest BCUT2D eigenvalue weighted by Gasteiger charge is -2.11. The van der Waals surface area contributed by atoms with Crippen LogP contribution in [-0.2, 0) is 16.6 Å². The number of anilines is 1. The fraction of sp³-hybridized carbons (Fsp3) is 0.154. The van der Waals surface area contributed by atoms with E-state index in [2.05, 4.69) is 25.6 Å². The van der Waals surface area contributed by atoms with Crippen LogP contribution < -0.4 is 4.72 Å². The molecule has 1 heterocycles. The molecule has 2 aromatic rings. The molecule has 0 bridgehead atoms. The first-order valence-corrected chi connectivity index (χ1v) is 8.16. The predicted molar refractivity (Wildman–Crippen MR) is 79.8 cm³/mol. The number of pyridine rings is 1. The number of aliphatic hydroxyl groups excluding tert-OH is 1. The average Bonchev–Trinajstić information content (AvgIpc) is 2.42. The molecule has 112 valence electrons. The van der Waals surface area contributed by atoms with Crippen molar-refractivity contribution < 1.29 is 17.9 Å². The van der Waals surface area contributed by atoms with Crippen molar-refractivity contribution in [3.63, 3.8) is 0 Å². The van der Waals surface area contributed by atoms with E-state index in [1.165, 1.54) is 12.1 Å². The Hall–Kier alpha value is -1.51. The number of rotatable bonds is 4. The van der Waals surface area contributed by atoms with Crippen LogP contribution in [0, 0.1) is 12.7 Å². The Morgan fingerprint density at radius 2 is 2.05 bits per heavy atom. The van der Waals surface area contributed by atoms with Gasteiger partial charge < -0.3 is 5.11 Å². The monoisotopic (exact) mass is 374 g/mol. The lowest BCUT2D eigenvalue weighted by molar-refractivity contribution is 0.278. The highest BCUT2D eigenvalue weighted by atomic mass is 79.9. The summed E-state index contributed by atoms with van der Waals surface area (Å²) < 4.78 is 40.9. The van der Waals surface area contributed by atoms with E-state index in [0.29, 0.717) is 5.69 Å². The summed E-state index contributed by atoms with van der Waals surface area (Å²) in [4.78, 5) is 3.76. The van der Waals surface area contributed by atoms with Gasteiger partial charge in [0.2, 0.25) is 0 Å². The number of nitrogens with one attached hydrogen (secondary N) is 1. The van der Waals surface area contributed by atoms with Crippen LogP contribution in [0.5, 0.6) is 0 Å². The third-order valence-electron chi connectivity index (χ3n) is 2.75. The molecule has 0 aliphatic heterocycles. The Balaban J connectivity index is 2.42. The van der Waals surface area contributed by atoms with Crippen LogP contribution in [0.3, 0.4) is 0 Å². The second-order valence-corrected chi connectivity index (χ2v) is 6.78. The average molecular weight is 375 g/mol. The van der Waals surface area contributed by atoms with Crippen molar-refractivity contribution in [1.29, 1.82) is 0 Å². The van der Waals surface area contributed by atoms with Crippen LogP contribution in [0.4, 0.5) is 10.2 Å². The van der Waals surface area contributed by atoms with E-state index < -0.39 is 22.4 Å². The molecule has 0 unspecified atom stereocenters. The number of benzene rings is 1. The van der Waals surface area contributed by atoms with Crippen molar-refractivity contribution in [2.45, 2.75) is 18.4 Å². The number of sulfonamides is 1. The van der Waals surface area contributed by atoms with Crippen LogP contribution >= 0.6 is 15.9 Å². The zero-order chi connectivity index (χ0) is 15.6. The van der Waals surface area contributed by atoms with Crippen molar-refractivity contribution >= 4 is 31.8 Å². The first kappa shape index (κ1) is 15.9. The Bertz CT molecular complexity index is 781. The van der Waals surface area contributed by atoms with Gasteiger partial charge in [0.15, 0.2) is 0 Å². The second kappa shape index (κ2) is 6.08. The number of nitrogens with zero attached hydrogens (tertiary/aromatic N) is 1. The van der Waals surface area contributed by atoms with E-state index >= 15 is 0 Å². The van der Waals surface area contributed by atoms with Crippen molar-refractivity contribution in [3.05, 3.63) is 51.9 Å². The molecule has 1 aromatic carbocycles. The largest absolute Gasteiger partial charge is 0.392 e. The third kappa shape index (κ3) is 3.58. The molecule has 1 aromatic heterocycles. The molecule has 2 rings (SSSR count). The quantitative estimate of drug-likeness (QED) is 0.861. The molecule has 2 N–H and O–H groups in total. The molecule has 0 spiro atoms. The van der Waals surface area contributed by atoms with Gasteiger partial charge in [-0.1, -0.05) is 6.07 Å². The van der Waals surface area contributed by atoms with Gasteiger partial charge in [-0.15, -0.1) is 0 Å². The molecule has 0 aliphatic carbocycles. The van der Waals surface area contributed by atoms with Gasteiger partial charge in [0.25, 0.3) is 10.0 Å². The fourth-order valence-corrected chi connectivity index (χ4v) is 3.17. The molecule has 21 heavy (non-hydrogen) atoms. The number of aromatic nitrogens is 1. The van der Waals surface area contributed by atoms with Crippen molar-refractivity contribution in [1.82, 2.24) is 4.98 Å². The van der Waals surface area contributed by atoms with Crippen LogP contribution in [0.1, 0.15) is 11.3 Å². The molecule has 0 fully saturated rings. The number of halogens is 2. The number of hydrogen-bond acceptors (Lipinski definition) is 4. The summed E-state index contributed by atoms with van der Waals surface area (Å²) in [6.45, 7) is 1.20. The summed E-state index contributed by atoms with van der Waals surface area (Å²) in [7, 11) is -4.04. The van der Waals surface area contributed by atoms with Crippen molar-refractivity contribution in [2.24, 2.45) is 0 Å². The maximum Gasteiger partial charge on any atom is 0.263 e. The summed E-state index contributed by atoms with van der Waals surface area (Å²) >= 11 is 3.26. The lowest BCUT2D eigenvalue weighted by Crippen LogP contribution is -2.16. The van der Waals surface area contributed by atoms with E-state index in [9.17, 15) is 17.9 Å². The summed E-state index contributed by atoms with van der Waals surface area (Å²) in [5.74, 6) is -0.587. The minimum Gasteiger partial charge on any atom is -0.392 e. The van der Waals surface area contributed by atoms with E-state index in [1.807, 2.05) is 0 Å². The van der Waals surface area contributed by atoms with Gasteiger partial charge in [0, 0.05) is 4.47 Å². The molecule has 0 amide bonds. The van der Waals surface area contributed by atoms with E-state index in [0.717, 1.165) is 16.6 Å². The molecule has 0 atom stereocenters. The lowest BCUT2D eigenvalue weighted by atomic mass is 10.2. The van der Waals surface area contributed by atoms with Crippen molar-refractivity contribution in [3.8, 4) is 0 Å². The highest BCUT2D eigenvalue weighted by Gasteiger charge is 2.20. The SMILES string of the molecule is Cc1nc(NS(=O)(=O)c2cc(F)ccc2CO)ccc1Br. The van der Waals surface area contributed by atoms with Gasteiger partial charge >= 0.3 is 0 Å². The van der Waals surface area contributed by atoms with E-state index in [-0.39, 0.29) is 16.3 Å². The smallest absolute Gasteiger partial charge is 0.263 e. The highest BCUT2D eigenvalue weighted by molar-refractivity contribution is 9.10. The van der Waals surface area contributed by atoms with E-state index in [1.54, 1.807) is 13.0 Å². The molecule has 0 saturated carbocycles. The van der Waals surface area contributed by atoms with Crippen LogP contribution in [0.2, 0.25) is 0 Å². The molecular weight excluding hydrogens is 363 g/mol. The van der Waals surface area contributed by atoms with Crippen LogP contribution in [-0.4, -0.2) is 18.5 Å².